The van der Waals surface area contributed by atoms with E-state index in [1.54, 1.807) is 6.20 Å². The molecule has 2 saturated heterocycles. The fourth-order valence-corrected chi connectivity index (χ4v) is 4.97. The number of aromatic nitrogens is 1. The molecule has 3 rings (SSSR count). The molecule has 116 valence electrons. The van der Waals surface area contributed by atoms with E-state index in [0.717, 1.165) is 38.4 Å². The van der Waals surface area contributed by atoms with Gasteiger partial charge in [-0.2, -0.15) is 0 Å². The Balaban J connectivity index is 1.54. The highest BCUT2D eigenvalue weighted by Crippen LogP contribution is 2.20. The fourth-order valence-electron chi connectivity index (χ4n) is 3.13. The van der Waals surface area contributed by atoms with Crippen molar-refractivity contribution in [2.75, 3.05) is 37.7 Å². The number of hydrogen-bond donors (Lipinski definition) is 1. The maximum absolute atomic E-state index is 11.6. The maximum Gasteiger partial charge on any atom is 0.154 e. The predicted octanol–water partition coefficient (Wildman–Crippen LogP) is -0.643. The predicted molar refractivity (Wildman–Crippen MR) is 79.5 cm³/mol. The number of sulfone groups is 1. The Hall–Kier alpha value is -1.02. The van der Waals surface area contributed by atoms with Gasteiger partial charge in [0.2, 0.25) is 0 Å². The lowest BCUT2D eigenvalue weighted by atomic mass is 10.1. The lowest BCUT2D eigenvalue weighted by Crippen LogP contribution is -2.53. The number of nitrogens with zero attached hydrogens (tertiary/aromatic N) is 3. The number of aliphatic hydroxyl groups excluding tert-OH is 1. The van der Waals surface area contributed by atoms with Gasteiger partial charge in [-0.25, -0.2) is 8.42 Å². The van der Waals surface area contributed by atoms with Crippen molar-refractivity contribution in [3.63, 3.8) is 0 Å². The molecule has 0 saturated carbocycles. The molecule has 3 heterocycles. The number of rotatable bonds is 3. The van der Waals surface area contributed by atoms with E-state index >= 15 is 0 Å². The first-order valence-corrected chi connectivity index (χ1v) is 9.10. The van der Waals surface area contributed by atoms with Crippen LogP contribution in [0.3, 0.4) is 0 Å². The Morgan fingerprint density at radius 2 is 1.95 bits per heavy atom. The third-order valence-corrected chi connectivity index (χ3v) is 5.98. The average molecular weight is 311 g/mol. The van der Waals surface area contributed by atoms with Crippen molar-refractivity contribution in [1.82, 2.24) is 14.8 Å². The van der Waals surface area contributed by atoms with E-state index in [4.69, 9.17) is 0 Å². The molecule has 21 heavy (non-hydrogen) atoms. The van der Waals surface area contributed by atoms with Crippen LogP contribution in [0.15, 0.2) is 24.4 Å². The molecule has 0 unspecified atom stereocenters. The van der Waals surface area contributed by atoms with Gasteiger partial charge in [0, 0.05) is 38.9 Å². The first-order chi connectivity index (χ1) is 10.0. The standard InChI is InChI=1S/C14H21N3O3S/c18-14-11-21(19,20)10-13(14)17-7-5-16(6-8-17)9-12-3-1-2-4-15-12/h1-4,13-14,18H,5-11H2/t13-,14+/m0/s1. The number of hydrogen-bond acceptors (Lipinski definition) is 6. The van der Waals surface area contributed by atoms with Crippen LogP contribution in [-0.2, 0) is 16.4 Å². The number of piperazine rings is 1. The van der Waals surface area contributed by atoms with E-state index in [1.165, 1.54) is 0 Å². The Morgan fingerprint density at radius 3 is 2.52 bits per heavy atom. The lowest BCUT2D eigenvalue weighted by Gasteiger charge is -2.38. The van der Waals surface area contributed by atoms with Crippen molar-refractivity contribution in [2.45, 2.75) is 18.7 Å². The van der Waals surface area contributed by atoms with Crippen molar-refractivity contribution in [3.8, 4) is 0 Å². The summed E-state index contributed by atoms with van der Waals surface area (Å²) >= 11 is 0. The molecule has 6 nitrogen and oxygen atoms in total. The summed E-state index contributed by atoms with van der Waals surface area (Å²) in [6, 6.07) is 5.67. The molecule has 1 N–H and O–H groups in total. The van der Waals surface area contributed by atoms with Gasteiger partial charge in [-0.1, -0.05) is 6.07 Å². The zero-order valence-corrected chi connectivity index (χ0v) is 12.7. The van der Waals surface area contributed by atoms with Crippen LogP contribution in [0.4, 0.5) is 0 Å². The smallest absolute Gasteiger partial charge is 0.154 e. The minimum absolute atomic E-state index is 0.0915. The quantitative estimate of drug-likeness (QED) is 0.800. The molecule has 1 aromatic rings. The van der Waals surface area contributed by atoms with E-state index < -0.39 is 15.9 Å². The topological polar surface area (TPSA) is 73.7 Å². The van der Waals surface area contributed by atoms with Crippen molar-refractivity contribution in [3.05, 3.63) is 30.1 Å². The van der Waals surface area contributed by atoms with E-state index in [-0.39, 0.29) is 17.5 Å². The van der Waals surface area contributed by atoms with Crippen LogP contribution in [0.25, 0.3) is 0 Å². The largest absolute Gasteiger partial charge is 0.390 e. The molecular formula is C14H21N3O3S. The SMILES string of the molecule is O=S1(=O)C[C@@H](O)[C@@H](N2CCN(Cc3ccccn3)CC2)C1. The van der Waals surface area contributed by atoms with Gasteiger partial charge in [-0.15, -0.1) is 0 Å². The Bertz CT molecular complexity index is 570. The molecular weight excluding hydrogens is 290 g/mol. The normalized spacial score (nSPS) is 30.5. The van der Waals surface area contributed by atoms with Gasteiger partial charge in [0.25, 0.3) is 0 Å². The zero-order valence-electron chi connectivity index (χ0n) is 11.9. The molecule has 0 aromatic carbocycles. The van der Waals surface area contributed by atoms with Crippen LogP contribution in [0, 0.1) is 0 Å². The van der Waals surface area contributed by atoms with Crippen molar-refractivity contribution in [2.24, 2.45) is 0 Å². The summed E-state index contributed by atoms with van der Waals surface area (Å²) in [5, 5.41) is 9.93. The van der Waals surface area contributed by atoms with E-state index in [9.17, 15) is 13.5 Å². The number of aliphatic hydroxyl groups is 1. The Labute approximate surface area is 125 Å². The summed E-state index contributed by atoms with van der Waals surface area (Å²) < 4.78 is 23.2. The first kappa shape index (κ1) is 14.9. The van der Waals surface area contributed by atoms with Crippen LogP contribution in [-0.4, -0.2) is 78.1 Å². The third-order valence-electron chi connectivity index (χ3n) is 4.28. The molecule has 0 amide bonds. The molecule has 0 radical (unpaired) electrons. The molecule has 2 aliphatic rings. The summed E-state index contributed by atoms with van der Waals surface area (Å²) in [4.78, 5) is 8.76. The van der Waals surface area contributed by atoms with E-state index in [1.807, 2.05) is 18.2 Å². The molecule has 2 atom stereocenters. The Kier molecular flexibility index (Phi) is 4.26. The van der Waals surface area contributed by atoms with Gasteiger partial charge in [0.05, 0.1) is 29.3 Å². The highest BCUT2D eigenvalue weighted by molar-refractivity contribution is 7.91. The van der Waals surface area contributed by atoms with E-state index in [0.29, 0.717) is 0 Å². The number of pyridine rings is 1. The van der Waals surface area contributed by atoms with Crippen LogP contribution in [0.5, 0.6) is 0 Å². The zero-order chi connectivity index (χ0) is 14.9. The maximum atomic E-state index is 11.6. The second-order valence-electron chi connectivity index (χ2n) is 5.84. The first-order valence-electron chi connectivity index (χ1n) is 7.28. The molecule has 0 bridgehead atoms. The molecule has 2 aliphatic heterocycles. The molecule has 0 spiro atoms. The molecule has 1 aromatic heterocycles. The van der Waals surface area contributed by atoms with Crippen molar-refractivity contribution >= 4 is 9.84 Å². The van der Waals surface area contributed by atoms with Crippen LogP contribution >= 0.6 is 0 Å². The third kappa shape index (κ3) is 3.60. The minimum Gasteiger partial charge on any atom is -0.390 e. The highest BCUT2D eigenvalue weighted by Gasteiger charge is 2.40. The second kappa shape index (κ2) is 6.00. The average Bonchev–Trinajstić information content (AvgIpc) is 2.74. The van der Waals surface area contributed by atoms with Crippen molar-refractivity contribution < 1.29 is 13.5 Å². The van der Waals surface area contributed by atoms with Crippen LogP contribution < -0.4 is 0 Å². The fraction of sp³-hybridized carbons (Fsp3) is 0.643. The second-order valence-corrected chi connectivity index (χ2v) is 8.00. The highest BCUT2D eigenvalue weighted by atomic mass is 32.2. The van der Waals surface area contributed by atoms with Gasteiger partial charge >= 0.3 is 0 Å². The van der Waals surface area contributed by atoms with Gasteiger partial charge in [-0.05, 0) is 12.1 Å². The van der Waals surface area contributed by atoms with Gasteiger partial charge in [0.1, 0.15) is 0 Å². The summed E-state index contributed by atoms with van der Waals surface area (Å²) in [5.41, 5.74) is 1.05. The summed E-state index contributed by atoms with van der Waals surface area (Å²) in [7, 11) is -3.07. The van der Waals surface area contributed by atoms with Crippen LogP contribution in [0.2, 0.25) is 0 Å². The van der Waals surface area contributed by atoms with Gasteiger partial charge in [0.15, 0.2) is 9.84 Å². The monoisotopic (exact) mass is 311 g/mol. The van der Waals surface area contributed by atoms with Gasteiger partial charge < -0.3 is 5.11 Å². The summed E-state index contributed by atoms with van der Waals surface area (Å²) in [6.07, 6.45) is 1.06. The van der Waals surface area contributed by atoms with Crippen molar-refractivity contribution in [1.29, 1.82) is 0 Å². The van der Waals surface area contributed by atoms with Gasteiger partial charge in [-0.3, -0.25) is 14.8 Å². The summed E-state index contributed by atoms with van der Waals surface area (Å²) in [5.74, 6) is 0.000222. The molecule has 0 aliphatic carbocycles. The van der Waals surface area contributed by atoms with Crippen LogP contribution in [0.1, 0.15) is 5.69 Å². The summed E-state index contributed by atoms with van der Waals surface area (Å²) in [6.45, 7) is 4.16. The molecule has 7 heteroatoms. The molecule has 2 fully saturated rings. The minimum atomic E-state index is -3.07. The Morgan fingerprint density at radius 1 is 1.19 bits per heavy atom. The van der Waals surface area contributed by atoms with E-state index in [2.05, 4.69) is 14.8 Å². The lowest BCUT2D eigenvalue weighted by molar-refractivity contribution is 0.0421.